The van der Waals surface area contributed by atoms with E-state index < -0.39 is 6.61 Å². The van der Waals surface area contributed by atoms with Crippen molar-refractivity contribution < 1.29 is 17.9 Å². The molecule has 7 heteroatoms. The minimum Gasteiger partial charge on any atom is -0.435 e. The van der Waals surface area contributed by atoms with Crippen LogP contribution in [0.1, 0.15) is 5.56 Å². The number of aryl methyl sites for hydroxylation is 1. The summed E-state index contributed by atoms with van der Waals surface area (Å²) in [5, 5.41) is 7.94. The van der Waals surface area contributed by atoms with Crippen molar-refractivity contribution in [1.29, 1.82) is 0 Å². The lowest BCUT2D eigenvalue weighted by Crippen LogP contribution is -2.01. The predicted molar refractivity (Wildman–Crippen MR) is 81.0 cm³/mol. The smallest absolute Gasteiger partial charge is 0.387 e. The molecule has 0 radical (unpaired) electrons. The summed E-state index contributed by atoms with van der Waals surface area (Å²) < 4.78 is 34.1. The summed E-state index contributed by atoms with van der Waals surface area (Å²) in [4.78, 5) is 0. The van der Waals surface area contributed by atoms with Crippen molar-refractivity contribution in [3.8, 4) is 28.7 Å². The zero-order chi connectivity index (χ0) is 16.4. The molecule has 0 fully saturated rings. The highest BCUT2D eigenvalue weighted by Gasteiger charge is 2.12. The Balaban J connectivity index is 1.85. The summed E-state index contributed by atoms with van der Waals surface area (Å²) in [5.41, 5.74) is 8.78. The first-order valence-corrected chi connectivity index (χ1v) is 6.78. The number of nitrogens with two attached hydrogens (primary N) is 1. The van der Waals surface area contributed by atoms with E-state index in [9.17, 15) is 8.78 Å². The van der Waals surface area contributed by atoms with Crippen LogP contribution in [0, 0.1) is 6.92 Å². The van der Waals surface area contributed by atoms with E-state index in [1.165, 1.54) is 12.1 Å². The van der Waals surface area contributed by atoms with Gasteiger partial charge in [-0.25, -0.2) is 0 Å². The molecule has 0 aliphatic heterocycles. The van der Waals surface area contributed by atoms with Crippen molar-refractivity contribution in [2.75, 3.05) is 5.73 Å². The fourth-order valence-electron chi connectivity index (χ4n) is 2.01. The average Bonchev–Trinajstić information content (AvgIpc) is 3.00. The molecule has 1 aromatic heterocycles. The summed E-state index contributed by atoms with van der Waals surface area (Å²) in [6, 6.07) is 11.4. The van der Waals surface area contributed by atoms with E-state index in [1.807, 2.05) is 19.1 Å². The SMILES string of the molecule is Cc1ccc(-c2nnc(-c3ccc(OC(F)F)cc3)o2)cc1N. The molecule has 23 heavy (non-hydrogen) atoms. The summed E-state index contributed by atoms with van der Waals surface area (Å²) >= 11 is 0. The van der Waals surface area contributed by atoms with Crippen LogP contribution in [0.4, 0.5) is 14.5 Å². The molecule has 0 spiro atoms. The molecule has 0 aliphatic rings. The number of nitrogens with zero attached hydrogens (tertiary/aromatic N) is 2. The fourth-order valence-corrected chi connectivity index (χ4v) is 2.01. The molecule has 2 aromatic carbocycles. The highest BCUT2D eigenvalue weighted by atomic mass is 19.3. The van der Waals surface area contributed by atoms with Crippen LogP contribution in [-0.2, 0) is 0 Å². The number of rotatable bonds is 4. The monoisotopic (exact) mass is 317 g/mol. The molecule has 0 atom stereocenters. The number of alkyl halides is 2. The van der Waals surface area contributed by atoms with Crippen LogP contribution in [0.5, 0.6) is 5.75 Å². The molecule has 3 aromatic rings. The second kappa shape index (κ2) is 6.04. The molecule has 0 saturated carbocycles. The second-order valence-electron chi connectivity index (χ2n) is 4.89. The van der Waals surface area contributed by atoms with Gasteiger partial charge in [-0.1, -0.05) is 6.07 Å². The zero-order valence-corrected chi connectivity index (χ0v) is 12.2. The molecule has 0 bridgehead atoms. The Bertz CT molecular complexity index is 816. The molecular weight excluding hydrogens is 304 g/mol. The normalized spacial score (nSPS) is 11.0. The van der Waals surface area contributed by atoms with Crippen molar-refractivity contribution in [3.63, 3.8) is 0 Å². The first kappa shape index (κ1) is 15.0. The van der Waals surface area contributed by atoms with Gasteiger partial charge < -0.3 is 14.9 Å². The summed E-state index contributed by atoms with van der Waals surface area (Å²) in [6.07, 6.45) is 0. The maximum atomic E-state index is 12.1. The van der Waals surface area contributed by atoms with Crippen LogP contribution < -0.4 is 10.5 Å². The van der Waals surface area contributed by atoms with Crippen LogP contribution in [-0.4, -0.2) is 16.8 Å². The van der Waals surface area contributed by atoms with Gasteiger partial charge in [0.15, 0.2) is 0 Å². The molecule has 0 unspecified atom stereocenters. The lowest BCUT2D eigenvalue weighted by Gasteiger charge is -2.03. The highest BCUT2D eigenvalue weighted by Crippen LogP contribution is 2.27. The van der Waals surface area contributed by atoms with Gasteiger partial charge in [0.1, 0.15) is 5.75 Å². The minimum absolute atomic E-state index is 0.0646. The van der Waals surface area contributed by atoms with Crippen LogP contribution in [0.25, 0.3) is 22.9 Å². The van der Waals surface area contributed by atoms with Crippen LogP contribution in [0.3, 0.4) is 0 Å². The highest BCUT2D eigenvalue weighted by molar-refractivity contribution is 5.64. The molecule has 0 aliphatic carbocycles. The van der Waals surface area contributed by atoms with Crippen molar-refractivity contribution in [2.45, 2.75) is 13.5 Å². The number of ether oxygens (including phenoxy) is 1. The number of hydrogen-bond acceptors (Lipinski definition) is 5. The standard InChI is InChI=1S/C16H13F2N3O2/c1-9-2-3-11(8-13(9)19)15-21-20-14(23-15)10-4-6-12(7-5-10)22-16(17)18/h2-8,16H,19H2,1H3. The van der Waals surface area contributed by atoms with E-state index >= 15 is 0 Å². The Hall–Kier alpha value is -2.96. The topological polar surface area (TPSA) is 74.2 Å². The lowest BCUT2D eigenvalue weighted by atomic mass is 10.1. The summed E-state index contributed by atoms with van der Waals surface area (Å²) in [7, 11) is 0. The van der Waals surface area contributed by atoms with Crippen molar-refractivity contribution in [2.24, 2.45) is 0 Å². The Morgan fingerprint density at radius 3 is 2.22 bits per heavy atom. The first-order valence-electron chi connectivity index (χ1n) is 6.78. The van der Waals surface area contributed by atoms with Crippen molar-refractivity contribution >= 4 is 5.69 Å². The number of nitrogen functional groups attached to an aromatic ring is 1. The predicted octanol–water partition coefficient (Wildman–Crippen LogP) is 3.90. The third kappa shape index (κ3) is 3.28. The van der Waals surface area contributed by atoms with Crippen LogP contribution in [0.2, 0.25) is 0 Å². The van der Waals surface area contributed by atoms with E-state index in [0.717, 1.165) is 5.56 Å². The van der Waals surface area contributed by atoms with E-state index in [0.29, 0.717) is 22.7 Å². The van der Waals surface area contributed by atoms with Crippen LogP contribution in [0.15, 0.2) is 46.9 Å². The molecule has 3 rings (SSSR count). The summed E-state index contributed by atoms with van der Waals surface area (Å²) in [5.74, 6) is 0.678. The molecule has 5 nitrogen and oxygen atoms in total. The molecule has 118 valence electrons. The van der Waals surface area contributed by atoms with Crippen LogP contribution >= 0.6 is 0 Å². The van der Waals surface area contributed by atoms with Gasteiger partial charge in [-0.15, -0.1) is 10.2 Å². The van der Waals surface area contributed by atoms with Gasteiger partial charge in [-0.2, -0.15) is 8.78 Å². The molecule has 1 heterocycles. The maximum absolute atomic E-state index is 12.1. The Morgan fingerprint density at radius 2 is 1.61 bits per heavy atom. The fraction of sp³-hybridized carbons (Fsp3) is 0.125. The molecular formula is C16H13F2N3O2. The Labute approximate surface area is 130 Å². The number of aromatic nitrogens is 2. The molecule has 0 saturated heterocycles. The van der Waals surface area contributed by atoms with Gasteiger partial charge >= 0.3 is 6.61 Å². The maximum Gasteiger partial charge on any atom is 0.387 e. The third-order valence-corrected chi connectivity index (χ3v) is 3.28. The molecule has 0 amide bonds. The Morgan fingerprint density at radius 1 is 1.00 bits per heavy atom. The number of hydrogen-bond donors (Lipinski definition) is 1. The largest absolute Gasteiger partial charge is 0.435 e. The van der Waals surface area contributed by atoms with Crippen molar-refractivity contribution in [1.82, 2.24) is 10.2 Å². The summed E-state index contributed by atoms with van der Waals surface area (Å²) in [6.45, 7) is -0.954. The van der Waals surface area contributed by atoms with Gasteiger partial charge in [-0.05, 0) is 48.9 Å². The van der Waals surface area contributed by atoms with Gasteiger partial charge in [0.05, 0.1) is 0 Å². The van der Waals surface area contributed by atoms with Gasteiger partial charge in [0.2, 0.25) is 11.8 Å². The van der Waals surface area contributed by atoms with E-state index in [2.05, 4.69) is 14.9 Å². The average molecular weight is 317 g/mol. The van der Waals surface area contributed by atoms with Gasteiger partial charge in [0, 0.05) is 16.8 Å². The molecule has 2 N–H and O–H groups in total. The lowest BCUT2D eigenvalue weighted by molar-refractivity contribution is -0.0498. The quantitative estimate of drug-likeness (QED) is 0.739. The first-order chi connectivity index (χ1) is 11.0. The number of anilines is 1. The Kier molecular flexibility index (Phi) is 3.92. The minimum atomic E-state index is -2.86. The third-order valence-electron chi connectivity index (χ3n) is 3.28. The number of benzene rings is 2. The van der Waals surface area contributed by atoms with E-state index in [1.54, 1.807) is 18.2 Å². The van der Waals surface area contributed by atoms with Gasteiger partial charge in [0.25, 0.3) is 0 Å². The van der Waals surface area contributed by atoms with E-state index in [-0.39, 0.29) is 11.6 Å². The second-order valence-corrected chi connectivity index (χ2v) is 4.89. The van der Waals surface area contributed by atoms with Crippen molar-refractivity contribution in [3.05, 3.63) is 48.0 Å². The number of halogens is 2. The van der Waals surface area contributed by atoms with E-state index in [4.69, 9.17) is 10.2 Å². The zero-order valence-electron chi connectivity index (χ0n) is 12.2. The van der Waals surface area contributed by atoms with Gasteiger partial charge in [-0.3, -0.25) is 0 Å².